The van der Waals surface area contributed by atoms with Crippen molar-refractivity contribution in [2.75, 3.05) is 23.9 Å². The van der Waals surface area contributed by atoms with E-state index in [4.69, 9.17) is 4.42 Å². The van der Waals surface area contributed by atoms with Crippen molar-refractivity contribution < 1.29 is 12.8 Å². The van der Waals surface area contributed by atoms with Crippen LogP contribution >= 0.6 is 0 Å². The number of nitrogens with zero attached hydrogens (tertiary/aromatic N) is 2. The van der Waals surface area contributed by atoms with Crippen LogP contribution in [0.1, 0.15) is 5.76 Å². The Morgan fingerprint density at radius 3 is 2.63 bits per heavy atom. The minimum absolute atomic E-state index is 0.0996. The highest BCUT2D eigenvalue weighted by Gasteiger charge is 2.10. The van der Waals surface area contributed by atoms with Gasteiger partial charge in [-0.3, -0.25) is 0 Å². The molecule has 0 atom stereocenters. The Bertz CT molecular complexity index is 1250. The average Bonchev–Trinajstić information content (AvgIpc) is 3.20. The maximum Gasteiger partial charge on any atom is 0.148 e. The van der Waals surface area contributed by atoms with Crippen LogP contribution in [0.3, 0.4) is 0 Å². The molecule has 8 heteroatoms. The Kier molecular flexibility index (Phi) is 5.78. The van der Waals surface area contributed by atoms with E-state index in [1.54, 1.807) is 6.33 Å². The number of aromatic nitrogens is 2. The third kappa shape index (κ3) is 5.03. The van der Waals surface area contributed by atoms with Crippen LogP contribution in [0.15, 0.2) is 71.4 Å². The van der Waals surface area contributed by atoms with Gasteiger partial charge in [-0.1, -0.05) is 18.2 Å². The first kappa shape index (κ1) is 20.1. The fourth-order valence-electron chi connectivity index (χ4n) is 3.06. The highest BCUT2D eigenvalue weighted by molar-refractivity contribution is 7.90. The molecular formula is C22H22N4O3S. The molecule has 2 aromatic carbocycles. The normalized spacial score (nSPS) is 11.6. The molecule has 7 nitrogen and oxygen atoms in total. The number of fused-ring (bicyclic) bond motifs is 1. The van der Waals surface area contributed by atoms with Crippen LogP contribution in [-0.4, -0.2) is 36.9 Å². The van der Waals surface area contributed by atoms with E-state index in [9.17, 15) is 8.42 Å². The van der Waals surface area contributed by atoms with Gasteiger partial charge in [0.05, 0.1) is 17.8 Å². The van der Waals surface area contributed by atoms with Gasteiger partial charge in [-0.05, 0) is 42.5 Å². The van der Waals surface area contributed by atoms with Crippen LogP contribution in [0.25, 0.3) is 22.2 Å². The summed E-state index contributed by atoms with van der Waals surface area (Å²) < 4.78 is 28.3. The Labute approximate surface area is 175 Å². The fourth-order valence-corrected chi connectivity index (χ4v) is 3.58. The van der Waals surface area contributed by atoms with Crippen LogP contribution in [-0.2, 0) is 16.4 Å². The van der Waals surface area contributed by atoms with E-state index in [0.29, 0.717) is 13.1 Å². The fraction of sp³-hybridized carbons (Fsp3) is 0.182. The number of furan rings is 1. The van der Waals surface area contributed by atoms with Gasteiger partial charge in [0.15, 0.2) is 0 Å². The minimum Gasteiger partial charge on any atom is -0.460 e. The summed E-state index contributed by atoms with van der Waals surface area (Å²) >= 11 is 0. The van der Waals surface area contributed by atoms with Gasteiger partial charge in [-0.25, -0.2) is 18.4 Å². The van der Waals surface area contributed by atoms with Crippen LogP contribution < -0.4 is 10.6 Å². The van der Waals surface area contributed by atoms with Gasteiger partial charge in [0.2, 0.25) is 0 Å². The second-order valence-corrected chi connectivity index (χ2v) is 9.28. The number of hydrogen-bond acceptors (Lipinski definition) is 7. The molecule has 0 amide bonds. The van der Waals surface area contributed by atoms with Gasteiger partial charge in [0, 0.05) is 29.4 Å². The standard InChI is InChI=1S/C22H22N4O3S/c1-30(27,28)12-11-23-14-18-8-10-21(29-18)16-7-9-20-19(13-16)22(25-15-24-20)26-17-5-3-2-4-6-17/h2-10,13,15,23H,11-12,14H2,1H3,(H,24,25,26). The van der Waals surface area contributed by atoms with Crippen molar-refractivity contribution in [1.82, 2.24) is 15.3 Å². The monoisotopic (exact) mass is 422 g/mol. The second-order valence-electron chi connectivity index (χ2n) is 7.02. The van der Waals surface area contributed by atoms with Crippen LogP contribution in [0.4, 0.5) is 11.5 Å². The van der Waals surface area contributed by atoms with Crippen LogP contribution in [0.5, 0.6) is 0 Å². The van der Waals surface area contributed by atoms with E-state index in [-0.39, 0.29) is 5.75 Å². The number of rotatable bonds is 8. The predicted molar refractivity (Wildman–Crippen MR) is 118 cm³/mol. The first-order chi connectivity index (χ1) is 14.5. The van der Waals surface area contributed by atoms with E-state index in [1.165, 1.54) is 6.26 Å². The van der Waals surface area contributed by atoms with Crippen LogP contribution in [0.2, 0.25) is 0 Å². The molecule has 2 heterocycles. The lowest BCUT2D eigenvalue weighted by Crippen LogP contribution is -2.21. The summed E-state index contributed by atoms with van der Waals surface area (Å²) in [6, 6.07) is 19.5. The van der Waals surface area contributed by atoms with E-state index >= 15 is 0 Å². The van der Waals surface area contributed by atoms with E-state index in [0.717, 1.165) is 39.5 Å². The SMILES string of the molecule is CS(=O)(=O)CCNCc1ccc(-c2ccc3ncnc(Nc4ccccc4)c3c2)o1. The average molecular weight is 423 g/mol. The lowest BCUT2D eigenvalue weighted by Gasteiger charge is -2.09. The number of hydrogen-bond donors (Lipinski definition) is 2. The summed E-state index contributed by atoms with van der Waals surface area (Å²) in [5.74, 6) is 2.29. The highest BCUT2D eigenvalue weighted by Crippen LogP contribution is 2.29. The summed E-state index contributed by atoms with van der Waals surface area (Å²) in [4.78, 5) is 8.75. The van der Waals surface area contributed by atoms with Crippen molar-refractivity contribution in [2.24, 2.45) is 0 Å². The number of para-hydroxylation sites is 1. The molecule has 2 N–H and O–H groups in total. The molecule has 154 valence electrons. The Morgan fingerprint density at radius 1 is 1.00 bits per heavy atom. The van der Waals surface area contributed by atoms with Gasteiger partial charge >= 0.3 is 0 Å². The predicted octanol–water partition coefficient (Wildman–Crippen LogP) is 3.77. The molecule has 0 fully saturated rings. The quantitative estimate of drug-likeness (QED) is 0.417. The summed E-state index contributed by atoms with van der Waals surface area (Å²) in [5.41, 5.74) is 2.69. The smallest absolute Gasteiger partial charge is 0.148 e. The van der Waals surface area contributed by atoms with E-state index < -0.39 is 9.84 Å². The molecule has 0 aliphatic rings. The number of benzene rings is 2. The third-order valence-electron chi connectivity index (χ3n) is 4.57. The third-order valence-corrected chi connectivity index (χ3v) is 5.51. The molecule has 0 bridgehead atoms. The molecule has 30 heavy (non-hydrogen) atoms. The molecule has 0 aliphatic heterocycles. The first-order valence-corrected chi connectivity index (χ1v) is 11.6. The van der Waals surface area contributed by atoms with Crippen molar-refractivity contribution in [1.29, 1.82) is 0 Å². The van der Waals surface area contributed by atoms with Crippen molar-refractivity contribution in [3.8, 4) is 11.3 Å². The maximum atomic E-state index is 11.2. The van der Waals surface area contributed by atoms with Gasteiger partial charge in [-0.15, -0.1) is 0 Å². The van der Waals surface area contributed by atoms with Crippen molar-refractivity contribution >= 4 is 32.2 Å². The molecular weight excluding hydrogens is 400 g/mol. The van der Waals surface area contributed by atoms with Crippen molar-refractivity contribution in [3.05, 3.63) is 72.8 Å². The summed E-state index contributed by atoms with van der Waals surface area (Å²) in [6.45, 7) is 0.851. The minimum atomic E-state index is -2.97. The topological polar surface area (TPSA) is 97.1 Å². The maximum absolute atomic E-state index is 11.2. The highest BCUT2D eigenvalue weighted by atomic mass is 32.2. The summed E-state index contributed by atoms with van der Waals surface area (Å²) in [7, 11) is -2.97. The molecule has 4 rings (SSSR count). The molecule has 0 radical (unpaired) electrons. The second kappa shape index (κ2) is 8.64. The summed E-state index contributed by atoms with van der Waals surface area (Å²) in [5, 5.41) is 7.31. The zero-order valence-electron chi connectivity index (χ0n) is 16.5. The number of sulfone groups is 1. The molecule has 0 spiro atoms. The zero-order chi connectivity index (χ0) is 21.0. The van der Waals surface area contributed by atoms with Crippen molar-refractivity contribution in [2.45, 2.75) is 6.54 Å². The molecule has 4 aromatic rings. The lowest BCUT2D eigenvalue weighted by atomic mass is 10.1. The lowest BCUT2D eigenvalue weighted by molar-refractivity contribution is 0.498. The van der Waals surface area contributed by atoms with Gasteiger partial charge < -0.3 is 15.1 Å². The Hall–Kier alpha value is -3.23. The zero-order valence-corrected chi connectivity index (χ0v) is 17.3. The van der Waals surface area contributed by atoms with E-state index in [1.807, 2.05) is 60.7 Å². The molecule has 0 aliphatic carbocycles. The number of nitrogens with one attached hydrogen (secondary N) is 2. The van der Waals surface area contributed by atoms with Gasteiger partial charge in [-0.2, -0.15) is 0 Å². The molecule has 0 unspecified atom stereocenters. The number of anilines is 2. The Morgan fingerprint density at radius 2 is 1.83 bits per heavy atom. The van der Waals surface area contributed by atoms with E-state index in [2.05, 4.69) is 20.6 Å². The summed E-state index contributed by atoms with van der Waals surface area (Å²) in [6.07, 6.45) is 2.77. The molecule has 0 saturated carbocycles. The largest absolute Gasteiger partial charge is 0.460 e. The van der Waals surface area contributed by atoms with Gasteiger partial charge in [0.1, 0.15) is 33.5 Å². The van der Waals surface area contributed by atoms with Gasteiger partial charge in [0.25, 0.3) is 0 Å². The van der Waals surface area contributed by atoms with Crippen molar-refractivity contribution in [3.63, 3.8) is 0 Å². The molecule has 2 aromatic heterocycles. The molecule has 0 saturated heterocycles. The first-order valence-electron chi connectivity index (χ1n) is 9.52. The Balaban J connectivity index is 1.53. The van der Waals surface area contributed by atoms with Crippen LogP contribution in [0, 0.1) is 0 Å².